The third kappa shape index (κ3) is 3.71. The normalized spacial score (nSPS) is 16.2. The molecule has 5 heterocycles. The second-order valence-electron chi connectivity index (χ2n) is 10.2. The second-order valence-corrected chi connectivity index (χ2v) is 10.2. The Bertz CT molecular complexity index is 1820. The highest BCUT2D eigenvalue weighted by molar-refractivity contribution is 6.15. The third-order valence-corrected chi connectivity index (χ3v) is 7.67. The summed E-state index contributed by atoms with van der Waals surface area (Å²) in [6.07, 6.45) is 7.23. The highest BCUT2D eigenvalue weighted by Crippen LogP contribution is 2.40. The molecule has 2 aromatic carbocycles. The van der Waals surface area contributed by atoms with E-state index in [1.54, 1.807) is 10.9 Å². The van der Waals surface area contributed by atoms with Crippen molar-refractivity contribution in [3.05, 3.63) is 89.7 Å². The van der Waals surface area contributed by atoms with Gasteiger partial charge in [0.2, 0.25) is 5.95 Å². The number of aromatic amines is 1. The topological polar surface area (TPSA) is 104 Å². The molecular weight excluding hydrogens is 504 g/mol. The van der Waals surface area contributed by atoms with Crippen LogP contribution in [0.25, 0.3) is 22.2 Å². The number of aromatic nitrogens is 5. The Morgan fingerprint density at radius 3 is 2.70 bits per heavy atom. The number of fused-ring (bicyclic) bond motifs is 2. The number of rotatable bonds is 5. The predicted octanol–water partition coefficient (Wildman–Crippen LogP) is 5.53. The Balaban J connectivity index is 1.25. The monoisotopic (exact) mass is 532 g/mol. The second kappa shape index (κ2) is 8.98. The van der Waals surface area contributed by atoms with Crippen molar-refractivity contribution in [2.24, 2.45) is 7.05 Å². The first-order valence-corrected chi connectivity index (χ1v) is 13.1. The molecule has 5 aromatic rings. The number of para-hydroxylation sites is 1. The van der Waals surface area contributed by atoms with E-state index in [2.05, 4.69) is 31.3 Å². The molecule has 3 aromatic heterocycles. The zero-order chi connectivity index (χ0) is 27.5. The lowest BCUT2D eigenvalue weighted by Crippen LogP contribution is -2.25. The van der Waals surface area contributed by atoms with Crippen LogP contribution in [0.4, 0.5) is 23.1 Å². The Morgan fingerprint density at radius 1 is 1.10 bits per heavy atom. The summed E-state index contributed by atoms with van der Waals surface area (Å²) in [5.41, 5.74) is 8.11. The van der Waals surface area contributed by atoms with Crippen LogP contribution >= 0.6 is 0 Å². The number of amides is 1. The number of benzene rings is 2. The van der Waals surface area contributed by atoms with E-state index in [4.69, 9.17) is 9.72 Å². The van der Waals surface area contributed by atoms with Gasteiger partial charge in [-0.05, 0) is 44.5 Å². The van der Waals surface area contributed by atoms with Crippen molar-refractivity contribution in [1.29, 1.82) is 0 Å². The van der Waals surface area contributed by atoms with E-state index in [1.165, 1.54) is 0 Å². The predicted molar refractivity (Wildman–Crippen MR) is 154 cm³/mol. The number of aryl methyl sites for hydroxylation is 3. The first kappa shape index (κ1) is 24.0. The van der Waals surface area contributed by atoms with Gasteiger partial charge < -0.3 is 24.8 Å². The van der Waals surface area contributed by atoms with E-state index < -0.39 is 0 Å². The van der Waals surface area contributed by atoms with Crippen molar-refractivity contribution in [2.75, 3.05) is 15.1 Å². The van der Waals surface area contributed by atoms with E-state index in [0.717, 1.165) is 50.4 Å². The molecule has 1 atom stereocenters. The summed E-state index contributed by atoms with van der Waals surface area (Å²) in [4.78, 5) is 30.3. The van der Waals surface area contributed by atoms with Crippen LogP contribution in [0, 0.1) is 13.8 Å². The molecule has 0 fully saturated rings. The maximum Gasteiger partial charge on any atom is 0.259 e. The third-order valence-electron chi connectivity index (χ3n) is 7.67. The number of nitrogens with one attached hydrogen (secondary N) is 2. The molecule has 0 radical (unpaired) electrons. The molecule has 40 heavy (non-hydrogen) atoms. The van der Waals surface area contributed by atoms with E-state index in [0.29, 0.717) is 23.9 Å². The molecule has 200 valence electrons. The summed E-state index contributed by atoms with van der Waals surface area (Å²) in [5.74, 6) is 1.14. The minimum atomic E-state index is -0.123. The molecule has 2 N–H and O–H groups in total. The number of hydrogen-bond acceptors (Lipinski definition) is 7. The van der Waals surface area contributed by atoms with Crippen molar-refractivity contribution >= 4 is 40.0 Å². The summed E-state index contributed by atoms with van der Waals surface area (Å²) < 4.78 is 7.40. The average Bonchev–Trinajstić information content (AvgIpc) is 3.72. The molecule has 2 aliphatic heterocycles. The zero-order valence-electron chi connectivity index (χ0n) is 22.6. The standard InChI is InChI=1S/C30H28N8O2/c1-17-14-32-30(33-26-13-18(2)36(4)35-26)34-27(17)22-15-31-28-20(22)7-5-10-25(28)38-16-23-21(29(38)39)8-6-9-24(23)37-11-12-40-19(37)3/h5-15,19,31H,16H2,1-4H3,(H,32,33,34,35). The molecule has 0 saturated carbocycles. The average molecular weight is 533 g/mol. The fourth-order valence-electron chi connectivity index (χ4n) is 5.50. The molecule has 0 saturated heterocycles. The van der Waals surface area contributed by atoms with Crippen LogP contribution in [0.15, 0.2) is 67.3 Å². The van der Waals surface area contributed by atoms with Crippen LogP contribution in [0.3, 0.4) is 0 Å². The molecule has 0 aliphatic carbocycles. The first-order chi connectivity index (χ1) is 19.4. The summed E-state index contributed by atoms with van der Waals surface area (Å²) in [6.45, 7) is 6.44. The van der Waals surface area contributed by atoms with Gasteiger partial charge >= 0.3 is 0 Å². The molecule has 10 heteroatoms. The minimum Gasteiger partial charge on any atom is -0.477 e. The van der Waals surface area contributed by atoms with Gasteiger partial charge in [-0.3, -0.25) is 9.48 Å². The van der Waals surface area contributed by atoms with Crippen LogP contribution in [-0.4, -0.2) is 36.9 Å². The lowest BCUT2D eigenvalue weighted by Gasteiger charge is -2.23. The Morgan fingerprint density at radius 2 is 1.93 bits per heavy atom. The summed E-state index contributed by atoms with van der Waals surface area (Å²) in [7, 11) is 1.90. The number of carbonyl (C=O) groups excluding carboxylic acids is 1. The summed E-state index contributed by atoms with van der Waals surface area (Å²) in [5, 5.41) is 8.64. The molecule has 1 unspecified atom stereocenters. The van der Waals surface area contributed by atoms with E-state index >= 15 is 0 Å². The lowest BCUT2D eigenvalue weighted by molar-refractivity contribution is 0.0997. The Labute approximate surface area is 230 Å². The van der Waals surface area contributed by atoms with Crippen molar-refractivity contribution in [2.45, 2.75) is 33.5 Å². The van der Waals surface area contributed by atoms with Crippen molar-refractivity contribution in [3.63, 3.8) is 0 Å². The van der Waals surface area contributed by atoms with Gasteiger partial charge in [0, 0.05) is 65.2 Å². The van der Waals surface area contributed by atoms with Gasteiger partial charge in [0.25, 0.3) is 5.91 Å². The van der Waals surface area contributed by atoms with Crippen LogP contribution in [0.5, 0.6) is 0 Å². The van der Waals surface area contributed by atoms with Gasteiger partial charge in [0.1, 0.15) is 6.26 Å². The largest absolute Gasteiger partial charge is 0.477 e. The Kier molecular flexibility index (Phi) is 5.38. The van der Waals surface area contributed by atoms with E-state index in [-0.39, 0.29) is 12.1 Å². The number of anilines is 4. The van der Waals surface area contributed by atoms with Crippen molar-refractivity contribution < 1.29 is 9.53 Å². The molecule has 10 nitrogen and oxygen atoms in total. The van der Waals surface area contributed by atoms with Gasteiger partial charge in [-0.2, -0.15) is 5.10 Å². The maximum atomic E-state index is 13.7. The number of ether oxygens (including phenoxy) is 1. The Hall–Kier alpha value is -5.12. The van der Waals surface area contributed by atoms with Crippen LogP contribution < -0.4 is 15.1 Å². The lowest BCUT2D eigenvalue weighted by atomic mass is 10.1. The van der Waals surface area contributed by atoms with Crippen LogP contribution in [-0.2, 0) is 18.3 Å². The van der Waals surface area contributed by atoms with Gasteiger partial charge in [-0.25, -0.2) is 9.97 Å². The zero-order valence-corrected chi connectivity index (χ0v) is 22.6. The maximum absolute atomic E-state index is 13.7. The van der Waals surface area contributed by atoms with Gasteiger partial charge in [-0.1, -0.05) is 18.2 Å². The van der Waals surface area contributed by atoms with Crippen molar-refractivity contribution in [1.82, 2.24) is 24.7 Å². The highest BCUT2D eigenvalue weighted by atomic mass is 16.5. The van der Waals surface area contributed by atoms with Crippen LogP contribution in [0.1, 0.15) is 34.1 Å². The fraction of sp³-hybridized carbons (Fsp3) is 0.200. The SMILES string of the molecule is Cc1cnc(Nc2cc(C)n(C)n2)nc1-c1c[nH]c2c(N3Cc4c(cccc4N4C=COC4C)C3=O)cccc12. The first-order valence-electron chi connectivity index (χ1n) is 13.1. The molecule has 7 rings (SSSR count). The van der Waals surface area contributed by atoms with E-state index in [9.17, 15) is 4.79 Å². The molecule has 0 bridgehead atoms. The summed E-state index contributed by atoms with van der Waals surface area (Å²) >= 11 is 0. The number of carbonyl (C=O) groups is 1. The quantitative estimate of drug-likeness (QED) is 0.307. The molecule has 1 amide bonds. The van der Waals surface area contributed by atoms with Crippen LogP contribution in [0.2, 0.25) is 0 Å². The summed E-state index contributed by atoms with van der Waals surface area (Å²) in [6, 6.07) is 13.8. The van der Waals surface area contributed by atoms with Gasteiger partial charge in [-0.15, -0.1) is 0 Å². The number of nitrogens with zero attached hydrogens (tertiary/aromatic N) is 6. The minimum absolute atomic E-state index is 0.0207. The van der Waals surface area contributed by atoms with E-state index in [1.807, 2.05) is 87.7 Å². The number of hydrogen-bond donors (Lipinski definition) is 2. The smallest absolute Gasteiger partial charge is 0.259 e. The molecular formula is C30H28N8O2. The van der Waals surface area contributed by atoms with Gasteiger partial charge in [0.05, 0.1) is 23.4 Å². The van der Waals surface area contributed by atoms with Gasteiger partial charge in [0.15, 0.2) is 12.0 Å². The fourth-order valence-corrected chi connectivity index (χ4v) is 5.50. The van der Waals surface area contributed by atoms with Crippen molar-refractivity contribution in [3.8, 4) is 11.3 Å². The molecule has 2 aliphatic rings. The molecule has 0 spiro atoms. The number of H-pyrrole nitrogens is 1. The highest BCUT2D eigenvalue weighted by Gasteiger charge is 2.34.